The van der Waals surface area contributed by atoms with Crippen LogP contribution >= 0.6 is 11.6 Å². The third-order valence-corrected chi connectivity index (χ3v) is 4.62. The van der Waals surface area contributed by atoms with Crippen molar-refractivity contribution in [2.45, 2.75) is 25.6 Å². The Morgan fingerprint density at radius 3 is 2.77 bits per heavy atom. The molecule has 1 atom stereocenters. The smallest absolute Gasteiger partial charge is 0.237 e. The van der Waals surface area contributed by atoms with Gasteiger partial charge in [-0.15, -0.1) is 0 Å². The summed E-state index contributed by atoms with van der Waals surface area (Å²) in [7, 11) is 3.57. The molecular weight excluding hydrogens is 300 g/mol. The molecule has 2 aromatic rings. The van der Waals surface area contributed by atoms with Gasteiger partial charge in [-0.2, -0.15) is 0 Å². The molecule has 1 aromatic heterocycles. The quantitative estimate of drug-likeness (QED) is 0.938. The number of rotatable bonds is 3. The second kappa shape index (κ2) is 6.10. The lowest BCUT2D eigenvalue weighted by Gasteiger charge is -2.35. The fraction of sp³-hybridized carbons (Fsp3) is 0.375. The van der Waals surface area contributed by atoms with Crippen LogP contribution in [0.1, 0.15) is 17.0 Å². The molecule has 1 aliphatic rings. The van der Waals surface area contributed by atoms with Gasteiger partial charge in [0, 0.05) is 20.6 Å². The Hall–Kier alpha value is -1.85. The zero-order valence-corrected chi connectivity index (χ0v) is 13.5. The first kappa shape index (κ1) is 15.1. The van der Waals surface area contributed by atoms with E-state index in [2.05, 4.69) is 27.3 Å². The molecule has 0 saturated carbocycles. The molecule has 0 radical (unpaired) electrons. The highest BCUT2D eigenvalue weighted by atomic mass is 35.5. The van der Waals surface area contributed by atoms with E-state index in [0.29, 0.717) is 18.1 Å². The summed E-state index contributed by atoms with van der Waals surface area (Å²) in [4.78, 5) is 18.8. The molecular formula is C16H19ClN4O. The molecule has 0 aliphatic carbocycles. The second-order valence-corrected chi connectivity index (χ2v) is 5.95. The van der Waals surface area contributed by atoms with Crippen molar-refractivity contribution in [2.75, 3.05) is 7.05 Å². The first-order chi connectivity index (χ1) is 10.6. The normalized spacial score (nSPS) is 18.0. The van der Waals surface area contributed by atoms with Gasteiger partial charge in [-0.1, -0.05) is 35.9 Å². The summed E-state index contributed by atoms with van der Waals surface area (Å²) in [6, 6.07) is 8.09. The number of hydrogen-bond acceptors (Lipinski definition) is 3. The second-order valence-electron chi connectivity index (χ2n) is 5.56. The number of amides is 1. The molecule has 3 rings (SSSR count). The molecule has 116 valence electrons. The van der Waals surface area contributed by atoms with E-state index in [4.69, 9.17) is 11.6 Å². The Labute approximate surface area is 134 Å². The minimum atomic E-state index is -0.185. The van der Waals surface area contributed by atoms with Crippen molar-refractivity contribution in [1.82, 2.24) is 19.8 Å². The number of nitrogens with zero attached hydrogens (tertiary/aromatic N) is 3. The lowest BCUT2D eigenvalue weighted by molar-refractivity contribution is -0.126. The van der Waals surface area contributed by atoms with Crippen LogP contribution in [0.25, 0.3) is 0 Å². The zero-order valence-electron chi connectivity index (χ0n) is 12.7. The molecule has 22 heavy (non-hydrogen) atoms. The summed E-state index contributed by atoms with van der Waals surface area (Å²) >= 11 is 6.06. The van der Waals surface area contributed by atoms with Crippen LogP contribution in [-0.4, -0.2) is 33.4 Å². The van der Waals surface area contributed by atoms with Crippen molar-refractivity contribution in [3.8, 4) is 0 Å². The van der Waals surface area contributed by atoms with E-state index < -0.39 is 0 Å². The van der Waals surface area contributed by atoms with Gasteiger partial charge in [-0.3, -0.25) is 9.69 Å². The molecule has 0 saturated heterocycles. The third-order valence-electron chi connectivity index (χ3n) is 4.27. The first-order valence-corrected chi connectivity index (χ1v) is 7.66. The summed E-state index contributed by atoms with van der Waals surface area (Å²) in [5.41, 5.74) is 2.51. The maximum Gasteiger partial charge on any atom is 0.237 e. The topological polar surface area (TPSA) is 50.2 Å². The maximum atomic E-state index is 12.3. The Kier molecular flexibility index (Phi) is 4.18. The number of carbonyl (C=O) groups is 1. The van der Waals surface area contributed by atoms with Crippen molar-refractivity contribution in [2.24, 2.45) is 7.05 Å². The average molecular weight is 319 g/mol. The molecule has 5 nitrogen and oxygen atoms in total. The zero-order chi connectivity index (χ0) is 15.7. The van der Waals surface area contributed by atoms with E-state index in [-0.39, 0.29) is 11.9 Å². The van der Waals surface area contributed by atoms with Gasteiger partial charge in [0.1, 0.15) is 11.0 Å². The average Bonchev–Trinajstić information content (AvgIpc) is 2.85. The van der Waals surface area contributed by atoms with Gasteiger partial charge >= 0.3 is 0 Å². The number of carbonyl (C=O) groups excluding carboxylic acids is 1. The van der Waals surface area contributed by atoms with Crippen molar-refractivity contribution < 1.29 is 4.79 Å². The number of fused-ring (bicyclic) bond motifs is 1. The maximum absolute atomic E-state index is 12.3. The van der Waals surface area contributed by atoms with Crippen LogP contribution in [-0.2, 0) is 31.4 Å². The molecule has 0 unspecified atom stereocenters. The van der Waals surface area contributed by atoms with E-state index >= 15 is 0 Å². The highest BCUT2D eigenvalue weighted by Crippen LogP contribution is 2.25. The standard InChI is InChI=1S/C16H19ClN4O/c1-18-16(22)13-7-11-5-3-4-6-12(11)9-21(13)10-15-19-8-14(17)20(15)2/h3-6,8,13H,7,9-10H2,1-2H3,(H,18,22)/t13-/m0/s1. The fourth-order valence-electron chi connectivity index (χ4n) is 2.92. The van der Waals surface area contributed by atoms with Crippen molar-refractivity contribution in [3.63, 3.8) is 0 Å². The van der Waals surface area contributed by atoms with Crippen LogP contribution < -0.4 is 5.32 Å². The number of nitrogens with one attached hydrogen (secondary N) is 1. The lowest BCUT2D eigenvalue weighted by atomic mass is 9.93. The minimum Gasteiger partial charge on any atom is -0.358 e. The van der Waals surface area contributed by atoms with Crippen molar-refractivity contribution in [1.29, 1.82) is 0 Å². The number of likely N-dealkylation sites (N-methyl/N-ethyl adjacent to an activating group) is 1. The molecule has 0 spiro atoms. The molecule has 1 N–H and O–H groups in total. The van der Waals surface area contributed by atoms with Gasteiger partial charge in [-0.25, -0.2) is 4.98 Å². The van der Waals surface area contributed by atoms with E-state index in [1.807, 2.05) is 23.7 Å². The Balaban J connectivity index is 1.89. The number of hydrogen-bond donors (Lipinski definition) is 1. The van der Waals surface area contributed by atoms with Gasteiger partial charge in [0.15, 0.2) is 0 Å². The Morgan fingerprint density at radius 2 is 2.14 bits per heavy atom. The molecule has 6 heteroatoms. The van der Waals surface area contributed by atoms with Gasteiger partial charge < -0.3 is 9.88 Å². The molecule has 1 aromatic carbocycles. The highest BCUT2D eigenvalue weighted by molar-refractivity contribution is 6.29. The largest absolute Gasteiger partial charge is 0.358 e. The molecule has 1 amide bonds. The molecule has 0 bridgehead atoms. The number of aromatic nitrogens is 2. The summed E-state index contributed by atoms with van der Waals surface area (Å²) in [5.74, 6) is 0.896. The van der Waals surface area contributed by atoms with Crippen LogP contribution in [0.15, 0.2) is 30.5 Å². The van der Waals surface area contributed by atoms with E-state index in [9.17, 15) is 4.79 Å². The molecule has 1 aliphatic heterocycles. The van der Waals surface area contributed by atoms with Crippen LogP contribution in [0, 0.1) is 0 Å². The van der Waals surface area contributed by atoms with Gasteiger partial charge in [0.25, 0.3) is 0 Å². The van der Waals surface area contributed by atoms with Crippen LogP contribution in [0.3, 0.4) is 0 Å². The van der Waals surface area contributed by atoms with Gasteiger partial charge in [0.2, 0.25) is 5.91 Å². The fourth-order valence-corrected chi connectivity index (χ4v) is 3.07. The predicted molar refractivity (Wildman–Crippen MR) is 85.5 cm³/mol. The van der Waals surface area contributed by atoms with Crippen LogP contribution in [0.4, 0.5) is 0 Å². The van der Waals surface area contributed by atoms with Crippen molar-refractivity contribution in [3.05, 3.63) is 52.6 Å². The lowest BCUT2D eigenvalue weighted by Crippen LogP contribution is -2.49. The number of halogens is 1. The summed E-state index contributed by atoms with van der Waals surface area (Å²) in [6.07, 6.45) is 2.36. The van der Waals surface area contributed by atoms with Gasteiger partial charge in [-0.05, 0) is 17.5 Å². The first-order valence-electron chi connectivity index (χ1n) is 7.28. The third kappa shape index (κ3) is 2.74. The summed E-state index contributed by atoms with van der Waals surface area (Å²) < 4.78 is 1.85. The summed E-state index contributed by atoms with van der Waals surface area (Å²) in [5, 5.41) is 3.37. The van der Waals surface area contributed by atoms with Crippen LogP contribution in [0.2, 0.25) is 5.15 Å². The highest BCUT2D eigenvalue weighted by Gasteiger charge is 2.31. The Morgan fingerprint density at radius 1 is 1.41 bits per heavy atom. The number of benzene rings is 1. The summed E-state index contributed by atoms with van der Waals surface area (Å²) in [6.45, 7) is 1.33. The van der Waals surface area contributed by atoms with Crippen LogP contribution in [0.5, 0.6) is 0 Å². The molecule has 0 fully saturated rings. The van der Waals surface area contributed by atoms with Gasteiger partial charge in [0.05, 0.1) is 18.8 Å². The Bertz CT molecular complexity index is 697. The monoisotopic (exact) mass is 318 g/mol. The minimum absolute atomic E-state index is 0.0369. The predicted octanol–water partition coefficient (Wildman–Crippen LogP) is 1.75. The SMILES string of the molecule is CNC(=O)[C@@H]1Cc2ccccc2CN1Cc1ncc(Cl)n1C. The number of imidazole rings is 1. The van der Waals surface area contributed by atoms with E-state index in [1.165, 1.54) is 11.1 Å². The van der Waals surface area contributed by atoms with E-state index in [1.54, 1.807) is 13.2 Å². The van der Waals surface area contributed by atoms with E-state index in [0.717, 1.165) is 12.4 Å². The molecule has 2 heterocycles. The van der Waals surface area contributed by atoms with Crippen molar-refractivity contribution >= 4 is 17.5 Å².